The van der Waals surface area contributed by atoms with E-state index in [1.165, 1.54) is 6.42 Å². The zero-order valence-corrected chi connectivity index (χ0v) is 18.8. The number of nitrogens with zero attached hydrogens (tertiary/aromatic N) is 4. The van der Waals surface area contributed by atoms with Gasteiger partial charge in [-0.1, -0.05) is 11.6 Å². The van der Waals surface area contributed by atoms with E-state index in [0.29, 0.717) is 35.3 Å². The lowest BCUT2D eigenvalue weighted by molar-refractivity contribution is 0.119. The van der Waals surface area contributed by atoms with E-state index in [4.69, 9.17) is 16.3 Å². The Morgan fingerprint density at radius 2 is 2.19 bits per heavy atom. The van der Waals surface area contributed by atoms with Crippen LogP contribution in [0.4, 0.5) is 4.39 Å². The van der Waals surface area contributed by atoms with E-state index in [0.717, 1.165) is 42.5 Å². The number of aromatic nitrogens is 3. The van der Waals surface area contributed by atoms with Crippen molar-refractivity contribution in [1.29, 1.82) is 0 Å². The van der Waals surface area contributed by atoms with Crippen LogP contribution in [0.15, 0.2) is 12.3 Å². The van der Waals surface area contributed by atoms with Crippen LogP contribution in [0.2, 0.25) is 5.15 Å². The molecule has 1 saturated carbocycles. The van der Waals surface area contributed by atoms with Crippen LogP contribution in [-0.2, 0) is 0 Å². The number of aryl methyl sites for hydroxylation is 1. The van der Waals surface area contributed by atoms with Gasteiger partial charge < -0.3 is 14.6 Å². The molecule has 3 aromatic heterocycles. The molecule has 1 N–H and O–H groups in total. The third kappa shape index (κ3) is 2.82. The zero-order valence-electron chi connectivity index (χ0n) is 18.0. The number of likely N-dealkylation sites (N-methyl/N-ethyl adjacent to an activating group) is 1. The van der Waals surface area contributed by atoms with E-state index < -0.39 is 5.82 Å². The molecule has 0 spiro atoms. The highest BCUT2D eigenvalue weighted by atomic mass is 35.5. The largest absolute Gasteiger partial charge is 0.472 e. The van der Waals surface area contributed by atoms with Gasteiger partial charge in [-0.15, -0.1) is 0 Å². The highest BCUT2D eigenvalue weighted by Gasteiger charge is 2.48. The van der Waals surface area contributed by atoms with Gasteiger partial charge in [0.05, 0.1) is 16.9 Å². The van der Waals surface area contributed by atoms with E-state index in [-0.39, 0.29) is 16.8 Å². The third-order valence-corrected chi connectivity index (χ3v) is 7.95. The topological polar surface area (TPSA) is 55.2 Å². The van der Waals surface area contributed by atoms with Gasteiger partial charge in [0.25, 0.3) is 0 Å². The number of halogens is 2. The molecular weight excluding hydrogens is 417 g/mol. The fourth-order valence-electron chi connectivity index (χ4n) is 6.09. The Kier molecular flexibility index (Phi) is 4.46. The zero-order chi connectivity index (χ0) is 21.4. The lowest BCUT2D eigenvalue weighted by Gasteiger charge is -2.37. The molecule has 7 rings (SSSR count). The van der Waals surface area contributed by atoms with E-state index in [1.807, 2.05) is 0 Å². The van der Waals surface area contributed by atoms with E-state index in [2.05, 4.69) is 51.7 Å². The Morgan fingerprint density at radius 1 is 1.35 bits per heavy atom. The number of hydrogen-bond acceptors (Lipinski definition) is 5. The second-order valence-corrected chi connectivity index (χ2v) is 9.83. The number of pyridine rings is 2. The molecule has 3 aromatic rings. The molecule has 3 aliphatic heterocycles. The first-order valence-corrected chi connectivity index (χ1v) is 11.6. The van der Waals surface area contributed by atoms with Gasteiger partial charge in [0.15, 0.2) is 11.0 Å². The van der Waals surface area contributed by atoms with Crippen LogP contribution in [0.5, 0.6) is 5.88 Å². The molecule has 3 unspecified atom stereocenters. The fraction of sp³-hybridized carbons (Fsp3) is 0.565. The van der Waals surface area contributed by atoms with Crippen molar-refractivity contribution in [2.24, 2.45) is 5.92 Å². The molecule has 6 nitrogen and oxygen atoms in total. The van der Waals surface area contributed by atoms with Crippen LogP contribution in [-0.4, -0.2) is 57.8 Å². The first kappa shape index (κ1) is 19.7. The Morgan fingerprint density at radius 3 is 2.87 bits per heavy atom. The number of nitrogens with one attached hydrogen (secondary N) is 1. The maximum absolute atomic E-state index is 15.1. The lowest BCUT2D eigenvalue weighted by atomic mass is 9.79. The van der Waals surface area contributed by atoms with Crippen LogP contribution in [0.25, 0.3) is 21.8 Å². The van der Waals surface area contributed by atoms with Gasteiger partial charge in [-0.25, -0.2) is 14.4 Å². The summed E-state index contributed by atoms with van der Waals surface area (Å²) in [7, 11) is 2.13. The molecule has 4 fully saturated rings. The highest BCUT2D eigenvalue weighted by Crippen LogP contribution is 2.48. The summed E-state index contributed by atoms with van der Waals surface area (Å²) in [6.07, 6.45) is 5.05. The van der Waals surface area contributed by atoms with Crippen LogP contribution in [0.3, 0.4) is 0 Å². The molecule has 0 radical (unpaired) electrons. The first-order valence-electron chi connectivity index (χ1n) is 11.2. The summed E-state index contributed by atoms with van der Waals surface area (Å²) in [5.41, 5.74) is 2.32. The molecule has 1 aliphatic carbocycles. The van der Waals surface area contributed by atoms with Crippen LogP contribution >= 0.6 is 11.6 Å². The predicted molar refractivity (Wildman–Crippen MR) is 119 cm³/mol. The minimum absolute atomic E-state index is 0.0498. The minimum Gasteiger partial charge on any atom is -0.472 e. The van der Waals surface area contributed by atoms with Crippen molar-refractivity contribution in [2.75, 3.05) is 20.1 Å². The SMILES string of the molecule is Cc1cc2c(O[C@@H](C)[C@@H]3CCCN3C)nc3c(F)c(Cl)ncc3c2n1C1C2CNC1C2. The smallest absolute Gasteiger partial charge is 0.223 e. The lowest BCUT2D eigenvalue weighted by Crippen LogP contribution is -2.39. The molecule has 6 heterocycles. The van der Waals surface area contributed by atoms with Crippen molar-refractivity contribution in [3.8, 4) is 5.88 Å². The highest BCUT2D eigenvalue weighted by molar-refractivity contribution is 6.30. The first-order chi connectivity index (χ1) is 14.9. The molecule has 2 bridgehead atoms. The number of ether oxygens (including phenoxy) is 1. The summed E-state index contributed by atoms with van der Waals surface area (Å²) in [5.74, 6) is 0.498. The minimum atomic E-state index is -0.586. The Bertz CT molecular complexity index is 1180. The molecule has 164 valence electrons. The Hall–Kier alpha value is -1.96. The van der Waals surface area contributed by atoms with Crippen molar-refractivity contribution in [2.45, 2.75) is 57.3 Å². The molecule has 3 saturated heterocycles. The van der Waals surface area contributed by atoms with E-state index in [1.54, 1.807) is 6.20 Å². The van der Waals surface area contributed by atoms with Gasteiger partial charge in [-0.3, -0.25) is 4.90 Å². The Balaban J connectivity index is 1.55. The van der Waals surface area contributed by atoms with Gasteiger partial charge in [-0.2, -0.15) is 0 Å². The summed E-state index contributed by atoms with van der Waals surface area (Å²) in [6.45, 7) is 6.30. The second kappa shape index (κ2) is 7.02. The van der Waals surface area contributed by atoms with Crippen molar-refractivity contribution < 1.29 is 9.13 Å². The normalized spacial score (nSPS) is 29.1. The second-order valence-electron chi connectivity index (χ2n) is 9.47. The standard InChI is InChI=1S/C23H27ClFN5O/c1-11-7-14-21(30(11)20-13-8-16(20)26-9-13)15-10-27-22(24)18(25)19(15)28-23(14)31-12(2)17-5-4-6-29(17)3/h7,10,12-13,16-17,20,26H,4-6,8-9H2,1-3H3/t12-,13?,16?,17-,20?/m0/s1. The third-order valence-electron chi connectivity index (χ3n) is 7.69. The van der Waals surface area contributed by atoms with Gasteiger partial charge in [0, 0.05) is 35.9 Å². The average Bonchev–Trinajstić information content (AvgIpc) is 3.50. The fourth-order valence-corrected chi connectivity index (χ4v) is 6.23. The molecule has 31 heavy (non-hydrogen) atoms. The quantitative estimate of drug-likeness (QED) is 0.616. The molecule has 5 atom stereocenters. The van der Waals surface area contributed by atoms with Crippen molar-refractivity contribution in [3.63, 3.8) is 0 Å². The van der Waals surface area contributed by atoms with Crippen molar-refractivity contribution >= 4 is 33.4 Å². The van der Waals surface area contributed by atoms with E-state index >= 15 is 4.39 Å². The summed E-state index contributed by atoms with van der Waals surface area (Å²) in [4.78, 5) is 11.1. The molecule has 0 amide bonds. The number of rotatable bonds is 4. The van der Waals surface area contributed by atoms with E-state index in [9.17, 15) is 0 Å². The Labute approximate surface area is 185 Å². The summed E-state index contributed by atoms with van der Waals surface area (Å²) in [5, 5.41) is 5.05. The maximum atomic E-state index is 15.1. The average molecular weight is 444 g/mol. The molecule has 0 aromatic carbocycles. The monoisotopic (exact) mass is 443 g/mol. The van der Waals surface area contributed by atoms with Crippen LogP contribution < -0.4 is 10.1 Å². The predicted octanol–water partition coefficient (Wildman–Crippen LogP) is 4.08. The molecule has 4 aliphatic rings. The van der Waals surface area contributed by atoms with Crippen LogP contribution in [0, 0.1) is 18.7 Å². The van der Waals surface area contributed by atoms with Gasteiger partial charge in [-0.05, 0) is 58.7 Å². The number of fused-ring (bicyclic) bond motifs is 4. The van der Waals surface area contributed by atoms with Crippen molar-refractivity contribution in [3.05, 3.63) is 28.9 Å². The number of hydrogen-bond donors (Lipinski definition) is 1. The number of likely N-dealkylation sites (tertiary alicyclic amines) is 1. The molecule has 8 heteroatoms. The van der Waals surface area contributed by atoms with Gasteiger partial charge in [0.2, 0.25) is 5.88 Å². The molecular formula is C23H27ClFN5O. The van der Waals surface area contributed by atoms with Crippen LogP contribution in [0.1, 0.15) is 37.9 Å². The van der Waals surface area contributed by atoms with Gasteiger partial charge in [0.1, 0.15) is 11.6 Å². The summed E-state index contributed by atoms with van der Waals surface area (Å²) >= 11 is 6.03. The summed E-state index contributed by atoms with van der Waals surface area (Å²) < 4.78 is 23.9. The maximum Gasteiger partial charge on any atom is 0.223 e. The van der Waals surface area contributed by atoms with Gasteiger partial charge >= 0.3 is 0 Å². The van der Waals surface area contributed by atoms with Crippen molar-refractivity contribution in [1.82, 2.24) is 24.8 Å². The summed E-state index contributed by atoms with van der Waals surface area (Å²) in [6, 6.07) is 3.29.